The highest BCUT2D eigenvalue weighted by molar-refractivity contribution is 5.76. The van der Waals surface area contributed by atoms with Crippen LogP contribution in [0.1, 0.15) is 48.3 Å². The molecular formula is C26H23F3N4O3. The van der Waals surface area contributed by atoms with Gasteiger partial charge >= 0.3 is 12.1 Å². The van der Waals surface area contributed by atoms with Crippen molar-refractivity contribution in [2.24, 2.45) is 5.92 Å². The predicted molar refractivity (Wildman–Crippen MR) is 124 cm³/mol. The molecule has 0 fully saturated rings. The molecule has 0 saturated heterocycles. The summed E-state index contributed by atoms with van der Waals surface area (Å²) in [6.45, 7) is 2.28. The monoisotopic (exact) mass is 496 g/mol. The third kappa shape index (κ3) is 6.14. The van der Waals surface area contributed by atoms with Crippen molar-refractivity contribution in [3.05, 3.63) is 82.9 Å². The fourth-order valence-corrected chi connectivity index (χ4v) is 4.07. The van der Waals surface area contributed by atoms with Crippen molar-refractivity contribution in [3.8, 4) is 11.3 Å². The van der Waals surface area contributed by atoms with Crippen LogP contribution < -0.4 is 5.32 Å². The minimum absolute atomic E-state index is 0.0467. The van der Waals surface area contributed by atoms with E-state index in [1.807, 2.05) is 13.0 Å². The molecule has 2 aromatic heterocycles. The van der Waals surface area contributed by atoms with Crippen molar-refractivity contribution in [2.45, 2.75) is 45.0 Å². The molecule has 10 heteroatoms. The molecule has 3 aromatic rings. The molecule has 1 aromatic carbocycles. The number of esters is 1. The van der Waals surface area contributed by atoms with E-state index in [9.17, 15) is 22.8 Å². The summed E-state index contributed by atoms with van der Waals surface area (Å²) in [4.78, 5) is 28.0. The summed E-state index contributed by atoms with van der Waals surface area (Å²) in [7, 11) is 0. The lowest BCUT2D eigenvalue weighted by molar-refractivity contribution is -0.150. The Morgan fingerprint density at radius 2 is 2.03 bits per heavy atom. The number of carbonyl (C=O) groups is 1. The van der Waals surface area contributed by atoms with Gasteiger partial charge < -0.3 is 10.1 Å². The number of aromatic nitrogens is 3. The average Bonchev–Trinajstić information content (AvgIpc) is 2.86. The quantitative estimate of drug-likeness (QED) is 0.377. The number of benzene rings is 1. The van der Waals surface area contributed by atoms with Gasteiger partial charge in [-0.1, -0.05) is 25.1 Å². The van der Waals surface area contributed by atoms with Gasteiger partial charge in [-0.15, -0.1) is 0 Å². The fourth-order valence-electron chi connectivity index (χ4n) is 4.07. The molecule has 0 saturated carbocycles. The zero-order valence-corrected chi connectivity index (χ0v) is 19.4. The normalized spacial score (nSPS) is 17.0. The van der Waals surface area contributed by atoms with Crippen molar-refractivity contribution in [2.75, 3.05) is 0 Å². The van der Waals surface area contributed by atoms with Gasteiger partial charge in [-0.05, 0) is 48.6 Å². The summed E-state index contributed by atoms with van der Waals surface area (Å²) in [5, 5.41) is 11.2. The molecule has 2 heterocycles. The summed E-state index contributed by atoms with van der Waals surface area (Å²) in [5.41, 5.74) is 1.83. The first-order chi connectivity index (χ1) is 17.2. The Bertz CT molecular complexity index is 1290. The Balaban J connectivity index is 1.50. The summed E-state index contributed by atoms with van der Waals surface area (Å²) < 4.78 is 45.2. The van der Waals surface area contributed by atoms with Gasteiger partial charge in [0.25, 0.3) is 0 Å². The maximum atomic E-state index is 13.2. The SMILES string of the molecule is CC1Cc2nnc(-c3cccc(C(F)(F)F)c3)cc2C(OC(=O)CC(=C=O)NCc2cccnc2)C1. The van der Waals surface area contributed by atoms with E-state index in [4.69, 9.17) is 4.74 Å². The van der Waals surface area contributed by atoms with Crippen LogP contribution in [0.2, 0.25) is 0 Å². The predicted octanol–water partition coefficient (Wildman–Crippen LogP) is 4.62. The summed E-state index contributed by atoms with van der Waals surface area (Å²) in [6, 6.07) is 10.0. The number of fused-ring (bicyclic) bond motifs is 1. The molecule has 1 aliphatic carbocycles. The molecule has 4 rings (SSSR count). The molecule has 2 atom stereocenters. The maximum absolute atomic E-state index is 13.2. The Hall–Kier alpha value is -4.04. The summed E-state index contributed by atoms with van der Waals surface area (Å²) in [5.74, 6) is 1.25. The van der Waals surface area contributed by atoms with Crippen LogP contribution >= 0.6 is 0 Å². The van der Waals surface area contributed by atoms with Gasteiger partial charge in [0.1, 0.15) is 17.7 Å². The van der Waals surface area contributed by atoms with Crippen LogP contribution in [-0.4, -0.2) is 27.1 Å². The molecular weight excluding hydrogens is 473 g/mol. The number of rotatable bonds is 7. The minimum Gasteiger partial charge on any atom is -0.457 e. The van der Waals surface area contributed by atoms with E-state index in [0.29, 0.717) is 30.6 Å². The summed E-state index contributed by atoms with van der Waals surface area (Å²) >= 11 is 0. The van der Waals surface area contributed by atoms with Crippen LogP contribution in [0, 0.1) is 5.92 Å². The van der Waals surface area contributed by atoms with E-state index in [0.717, 1.165) is 17.7 Å². The Morgan fingerprint density at radius 1 is 1.19 bits per heavy atom. The standard InChI is InChI=1S/C26H23F3N4O3/c1-16-8-23-21(12-22(32-33-23)18-5-2-6-19(10-18)26(27,28)29)24(9-16)36-25(35)11-20(15-34)31-14-17-4-3-7-30-13-17/h2-7,10,12-13,16,24,31H,8-9,11,14H2,1H3. The largest absolute Gasteiger partial charge is 0.457 e. The number of ether oxygens (including phenoxy) is 1. The molecule has 0 aliphatic heterocycles. The Labute approximate surface area is 205 Å². The average molecular weight is 496 g/mol. The molecule has 1 aliphatic rings. The van der Waals surface area contributed by atoms with E-state index in [1.165, 1.54) is 12.1 Å². The number of pyridine rings is 1. The molecule has 36 heavy (non-hydrogen) atoms. The lowest BCUT2D eigenvalue weighted by Crippen LogP contribution is -2.24. The first kappa shape index (κ1) is 25.1. The number of halogens is 3. The number of alkyl halides is 3. The second-order valence-corrected chi connectivity index (χ2v) is 8.71. The van der Waals surface area contributed by atoms with Crippen molar-refractivity contribution >= 4 is 11.9 Å². The van der Waals surface area contributed by atoms with E-state index in [2.05, 4.69) is 20.5 Å². The van der Waals surface area contributed by atoms with E-state index >= 15 is 0 Å². The van der Waals surface area contributed by atoms with Gasteiger partial charge in [-0.3, -0.25) is 9.78 Å². The second-order valence-electron chi connectivity index (χ2n) is 8.71. The third-order valence-corrected chi connectivity index (χ3v) is 5.84. The molecule has 0 bridgehead atoms. The number of hydrogen-bond acceptors (Lipinski definition) is 7. The molecule has 0 amide bonds. The van der Waals surface area contributed by atoms with Gasteiger partial charge in [0.2, 0.25) is 0 Å². The van der Waals surface area contributed by atoms with Crippen molar-refractivity contribution in [3.63, 3.8) is 0 Å². The second kappa shape index (κ2) is 10.7. The lowest BCUT2D eigenvalue weighted by atomic mass is 9.85. The van der Waals surface area contributed by atoms with Crippen LogP contribution in [0.3, 0.4) is 0 Å². The van der Waals surface area contributed by atoms with E-state index < -0.39 is 23.8 Å². The Morgan fingerprint density at radius 3 is 2.75 bits per heavy atom. The number of nitrogens with one attached hydrogen (secondary N) is 1. The zero-order valence-electron chi connectivity index (χ0n) is 19.4. The highest BCUT2D eigenvalue weighted by atomic mass is 19.4. The van der Waals surface area contributed by atoms with Gasteiger partial charge in [-0.25, -0.2) is 4.79 Å². The summed E-state index contributed by atoms with van der Waals surface area (Å²) in [6.07, 6.45) is -1.08. The van der Waals surface area contributed by atoms with Crippen LogP contribution in [0.25, 0.3) is 11.3 Å². The highest BCUT2D eigenvalue weighted by Gasteiger charge is 2.32. The first-order valence-corrected chi connectivity index (χ1v) is 11.3. The number of hydrogen-bond donors (Lipinski definition) is 1. The topological polar surface area (TPSA) is 94.1 Å². The Kier molecular flexibility index (Phi) is 7.45. The van der Waals surface area contributed by atoms with Gasteiger partial charge in [0, 0.05) is 30.1 Å². The van der Waals surface area contributed by atoms with Crippen LogP contribution in [0.4, 0.5) is 13.2 Å². The van der Waals surface area contributed by atoms with Crippen molar-refractivity contribution in [1.82, 2.24) is 20.5 Å². The maximum Gasteiger partial charge on any atom is 0.416 e. The molecule has 0 spiro atoms. The minimum atomic E-state index is -4.49. The highest BCUT2D eigenvalue weighted by Crippen LogP contribution is 2.37. The molecule has 2 unspecified atom stereocenters. The van der Waals surface area contributed by atoms with E-state index in [1.54, 1.807) is 30.5 Å². The van der Waals surface area contributed by atoms with Crippen LogP contribution in [-0.2, 0) is 33.5 Å². The molecule has 0 radical (unpaired) electrons. The number of nitrogens with zero attached hydrogens (tertiary/aromatic N) is 3. The molecule has 186 valence electrons. The van der Waals surface area contributed by atoms with Crippen LogP contribution in [0.5, 0.6) is 0 Å². The van der Waals surface area contributed by atoms with Gasteiger partial charge in [0.05, 0.1) is 23.4 Å². The fraction of sp³-hybridized carbons (Fsp3) is 0.308. The smallest absolute Gasteiger partial charge is 0.416 e. The number of carbonyl (C=O) groups excluding carboxylic acids is 2. The van der Waals surface area contributed by atoms with Gasteiger partial charge in [0.15, 0.2) is 0 Å². The zero-order chi connectivity index (χ0) is 25.7. The molecule has 1 N–H and O–H groups in total. The molecule has 7 nitrogen and oxygen atoms in total. The van der Waals surface area contributed by atoms with Crippen LogP contribution in [0.15, 0.2) is 60.6 Å². The first-order valence-electron chi connectivity index (χ1n) is 11.3. The van der Waals surface area contributed by atoms with Gasteiger partial charge in [-0.2, -0.15) is 23.4 Å². The van der Waals surface area contributed by atoms with Crippen molar-refractivity contribution in [1.29, 1.82) is 0 Å². The van der Waals surface area contributed by atoms with Crippen molar-refractivity contribution < 1.29 is 27.5 Å². The lowest BCUT2D eigenvalue weighted by Gasteiger charge is -2.28. The third-order valence-electron chi connectivity index (χ3n) is 5.84. The van der Waals surface area contributed by atoms with E-state index in [-0.39, 0.29) is 29.3 Å².